The third-order valence-electron chi connectivity index (χ3n) is 7.35. The van der Waals surface area contributed by atoms with E-state index in [1.54, 1.807) is 20.1 Å². The number of nitrogens with zero attached hydrogens (tertiary/aromatic N) is 4. The van der Waals surface area contributed by atoms with Crippen LogP contribution in [0, 0.1) is 0 Å². The molecule has 3 heterocycles. The van der Waals surface area contributed by atoms with Crippen LogP contribution in [0.15, 0.2) is 48.5 Å². The van der Waals surface area contributed by atoms with E-state index in [0.29, 0.717) is 69.5 Å². The highest BCUT2D eigenvalue weighted by atomic mass is 35.5. The molecule has 9 nitrogen and oxygen atoms in total. The summed E-state index contributed by atoms with van der Waals surface area (Å²) >= 11 is 13.8. The van der Waals surface area contributed by atoms with E-state index in [4.69, 9.17) is 32.9 Å². The lowest BCUT2D eigenvalue weighted by molar-refractivity contribution is 0.101. The smallest absolute Gasteiger partial charge is 0.291 e. The van der Waals surface area contributed by atoms with Gasteiger partial charge in [-0.15, -0.1) is 0 Å². The predicted octanol–water partition coefficient (Wildman–Crippen LogP) is 5.18. The number of rotatable bonds is 9. The molecular weight excluding hydrogens is 575 g/mol. The molecule has 2 aromatic heterocycles. The number of benzene rings is 2. The van der Waals surface area contributed by atoms with Crippen LogP contribution in [-0.4, -0.2) is 63.8 Å². The average Bonchev–Trinajstić information content (AvgIpc) is 3.29. The molecule has 1 aliphatic heterocycles. The van der Waals surface area contributed by atoms with Gasteiger partial charge in [-0.1, -0.05) is 59.6 Å². The molecule has 1 atom stereocenters. The zero-order chi connectivity index (χ0) is 30.0. The largest absolute Gasteiger partial charge is 0.481 e. The molecular formula is C31H34Cl2N6O3. The van der Waals surface area contributed by atoms with Crippen LogP contribution in [0.3, 0.4) is 0 Å². The van der Waals surface area contributed by atoms with Crippen molar-refractivity contribution in [1.82, 2.24) is 24.8 Å². The summed E-state index contributed by atoms with van der Waals surface area (Å²) in [5.41, 5.74) is 6.06. The first-order valence-corrected chi connectivity index (χ1v) is 14.5. The van der Waals surface area contributed by atoms with Gasteiger partial charge in [0, 0.05) is 67.6 Å². The second-order valence-corrected chi connectivity index (χ2v) is 11.3. The number of carbonyl (C=O) groups is 1. The van der Waals surface area contributed by atoms with Crippen molar-refractivity contribution in [2.24, 2.45) is 7.05 Å². The second-order valence-electron chi connectivity index (χ2n) is 10.5. The van der Waals surface area contributed by atoms with E-state index < -0.39 is 6.10 Å². The second kappa shape index (κ2) is 12.8. The first-order valence-electron chi connectivity index (χ1n) is 13.7. The lowest BCUT2D eigenvalue weighted by Gasteiger charge is -2.21. The van der Waals surface area contributed by atoms with Gasteiger partial charge in [0.1, 0.15) is 0 Å². The van der Waals surface area contributed by atoms with Crippen molar-refractivity contribution < 1.29 is 14.6 Å². The number of hydrogen-bond acceptors (Lipinski definition) is 7. The number of hydrogen-bond donors (Lipinski definition) is 3. The van der Waals surface area contributed by atoms with Crippen LogP contribution in [0.25, 0.3) is 22.4 Å². The Morgan fingerprint density at radius 2 is 1.76 bits per heavy atom. The number of ether oxygens (including phenoxy) is 1. The molecule has 11 heteroatoms. The predicted molar refractivity (Wildman–Crippen MR) is 166 cm³/mol. The summed E-state index contributed by atoms with van der Waals surface area (Å²) in [7, 11) is 5.49. The molecule has 1 aliphatic rings. The zero-order valence-electron chi connectivity index (χ0n) is 24.0. The number of aliphatic hydroxyl groups excluding tert-OH is 1. The molecule has 0 saturated carbocycles. The van der Waals surface area contributed by atoms with Crippen LogP contribution < -0.4 is 15.4 Å². The quantitative estimate of drug-likeness (QED) is 0.241. The highest BCUT2D eigenvalue weighted by Crippen LogP contribution is 2.41. The van der Waals surface area contributed by atoms with Crippen LogP contribution in [0.5, 0.6) is 5.88 Å². The summed E-state index contributed by atoms with van der Waals surface area (Å²) in [6, 6.07) is 14.9. The molecule has 2 aromatic carbocycles. The maximum Gasteiger partial charge on any atom is 0.291 e. The molecule has 3 N–H and O–H groups in total. The molecule has 0 saturated heterocycles. The minimum Gasteiger partial charge on any atom is -0.481 e. The number of aliphatic hydroxyl groups is 1. The van der Waals surface area contributed by atoms with E-state index in [1.165, 1.54) is 0 Å². The Morgan fingerprint density at radius 3 is 2.50 bits per heavy atom. The van der Waals surface area contributed by atoms with Crippen molar-refractivity contribution in [3.8, 4) is 28.3 Å². The van der Waals surface area contributed by atoms with E-state index in [2.05, 4.69) is 20.5 Å². The maximum absolute atomic E-state index is 13.3. The number of amides is 1. The Kier molecular flexibility index (Phi) is 9.15. The van der Waals surface area contributed by atoms with Gasteiger partial charge in [-0.25, -0.2) is 9.97 Å². The number of anilines is 1. The van der Waals surface area contributed by atoms with E-state index in [0.717, 1.165) is 29.9 Å². The van der Waals surface area contributed by atoms with Gasteiger partial charge in [0.05, 0.1) is 40.3 Å². The molecule has 0 unspecified atom stereocenters. The minimum absolute atomic E-state index is 0.326. The maximum atomic E-state index is 13.3. The van der Waals surface area contributed by atoms with Crippen molar-refractivity contribution >= 4 is 34.8 Å². The van der Waals surface area contributed by atoms with Crippen molar-refractivity contribution in [3.05, 3.63) is 81.4 Å². The van der Waals surface area contributed by atoms with Crippen LogP contribution in [-0.2, 0) is 26.6 Å². The van der Waals surface area contributed by atoms with Gasteiger partial charge in [-0.05, 0) is 26.1 Å². The van der Waals surface area contributed by atoms with Gasteiger partial charge in [-0.2, -0.15) is 0 Å². The topological polar surface area (TPSA) is 105 Å². The minimum atomic E-state index is -0.453. The van der Waals surface area contributed by atoms with Crippen LogP contribution in [0.1, 0.15) is 34.5 Å². The van der Waals surface area contributed by atoms with Crippen LogP contribution in [0.2, 0.25) is 10.0 Å². The molecule has 0 bridgehead atoms. The number of nitrogens with one attached hydrogen (secondary N) is 2. The molecule has 1 amide bonds. The summed E-state index contributed by atoms with van der Waals surface area (Å²) in [5.74, 6) is 0.492. The summed E-state index contributed by atoms with van der Waals surface area (Å²) < 4.78 is 7.41. The first kappa shape index (κ1) is 30.0. The van der Waals surface area contributed by atoms with Crippen LogP contribution in [0.4, 0.5) is 5.69 Å². The highest BCUT2D eigenvalue weighted by Gasteiger charge is 2.25. The van der Waals surface area contributed by atoms with Gasteiger partial charge >= 0.3 is 0 Å². The summed E-state index contributed by atoms with van der Waals surface area (Å²) in [4.78, 5) is 24.8. The average molecular weight is 610 g/mol. The molecule has 42 heavy (non-hydrogen) atoms. The third kappa shape index (κ3) is 6.16. The standard InChI is InChI=1S/C31H34Cl2N6O3/c1-18(40)15-34-16-19-11-12-23(37-31(19)42-4)22-9-5-7-20(27(22)32)21-8-6-10-24(28(21)33)36-30(41)29-35-25-17-38(2)14-13-26(25)39(29)3/h5-12,18,34,40H,13-17H2,1-4H3,(H,36,41)/t18-/m0/s1. The van der Waals surface area contributed by atoms with Crippen molar-refractivity contribution in [1.29, 1.82) is 0 Å². The third-order valence-corrected chi connectivity index (χ3v) is 8.16. The summed E-state index contributed by atoms with van der Waals surface area (Å²) in [6.07, 6.45) is 0.391. The Balaban J connectivity index is 1.42. The summed E-state index contributed by atoms with van der Waals surface area (Å²) in [6.45, 7) is 4.32. The van der Waals surface area contributed by atoms with Crippen LogP contribution >= 0.6 is 23.2 Å². The van der Waals surface area contributed by atoms with Crippen molar-refractivity contribution in [2.45, 2.75) is 32.5 Å². The number of pyridine rings is 1. The fraction of sp³-hybridized carbons (Fsp3) is 0.323. The SMILES string of the molecule is COc1nc(-c2cccc(-c3cccc(NC(=O)c4nc5c(n4C)CCN(C)C5)c3Cl)c2Cl)ccc1CNC[C@H](C)O. The van der Waals surface area contributed by atoms with Gasteiger partial charge in [0.2, 0.25) is 5.88 Å². The number of carbonyl (C=O) groups excluding carboxylic acids is 1. The Morgan fingerprint density at radius 1 is 1.05 bits per heavy atom. The van der Waals surface area contributed by atoms with Crippen molar-refractivity contribution in [3.63, 3.8) is 0 Å². The molecule has 0 aliphatic carbocycles. The number of likely N-dealkylation sites (N-methyl/N-ethyl adjacent to an activating group) is 1. The van der Waals surface area contributed by atoms with Gasteiger partial charge < -0.3 is 29.9 Å². The lowest BCUT2D eigenvalue weighted by atomic mass is 10.00. The Labute approximate surface area is 255 Å². The fourth-order valence-electron chi connectivity index (χ4n) is 5.16. The zero-order valence-corrected chi connectivity index (χ0v) is 25.6. The molecule has 0 radical (unpaired) electrons. The Hall–Kier alpha value is -3.47. The summed E-state index contributed by atoms with van der Waals surface area (Å²) in [5, 5.41) is 16.5. The molecule has 0 spiro atoms. The normalized spacial score (nSPS) is 14.0. The van der Waals surface area contributed by atoms with Gasteiger partial charge in [0.25, 0.3) is 5.91 Å². The number of imidazole rings is 1. The fourth-order valence-corrected chi connectivity index (χ4v) is 5.76. The number of aromatic nitrogens is 3. The van der Waals surface area contributed by atoms with E-state index in [-0.39, 0.29) is 5.91 Å². The molecule has 0 fully saturated rings. The molecule has 220 valence electrons. The van der Waals surface area contributed by atoms with Gasteiger partial charge in [-0.3, -0.25) is 4.79 Å². The molecule has 4 aromatic rings. The first-order chi connectivity index (χ1) is 20.2. The van der Waals surface area contributed by atoms with Crippen molar-refractivity contribution in [2.75, 3.05) is 32.6 Å². The lowest BCUT2D eigenvalue weighted by Crippen LogP contribution is -2.27. The number of halogens is 2. The monoisotopic (exact) mass is 608 g/mol. The van der Waals surface area contributed by atoms with Gasteiger partial charge in [0.15, 0.2) is 5.82 Å². The Bertz CT molecular complexity index is 1620. The number of fused-ring (bicyclic) bond motifs is 1. The van der Waals surface area contributed by atoms with E-state index in [9.17, 15) is 9.90 Å². The highest BCUT2D eigenvalue weighted by molar-refractivity contribution is 6.39. The van der Waals surface area contributed by atoms with E-state index >= 15 is 0 Å². The number of methoxy groups -OCH3 is 1. The van der Waals surface area contributed by atoms with E-state index in [1.807, 2.05) is 61.1 Å². The molecule has 5 rings (SSSR count).